The van der Waals surface area contributed by atoms with E-state index >= 15 is 0 Å². The van der Waals surface area contributed by atoms with Gasteiger partial charge in [0.15, 0.2) is 5.69 Å². The van der Waals surface area contributed by atoms with Gasteiger partial charge in [-0.25, -0.2) is 0 Å². The first-order valence-electron chi connectivity index (χ1n) is 6.30. The average molecular weight is 248 g/mol. The highest BCUT2D eigenvalue weighted by Crippen LogP contribution is 2.30. The fourth-order valence-corrected chi connectivity index (χ4v) is 2.44. The number of hydrogen-bond donors (Lipinski definition) is 2. The molecule has 0 amide bonds. The zero-order chi connectivity index (χ0) is 12.4. The van der Waals surface area contributed by atoms with Crippen molar-refractivity contribution >= 4 is 0 Å². The van der Waals surface area contributed by atoms with Crippen LogP contribution in [-0.4, -0.2) is 31.6 Å². The Morgan fingerprint density at radius 3 is 3.00 bits per heavy atom. The van der Waals surface area contributed by atoms with Crippen LogP contribution in [0, 0.1) is 0 Å². The summed E-state index contributed by atoms with van der Waals surface area (Å²) in [5, 5.41) is 14.1. The highest BCUT2D eigenvalue weighted by Gasteiger charge is 2.27. The number of aromatic nitrogens is 5. The molecule has 2 aromatic rings. The van der Waals surface area contributed by atoms with Crippen molar-refractivity contribution in [3.05, 3.63) is 12.1 Å². The van der Waals surface area contributed by atoms with E-state index in [2.05, 4.69) is 25.6 Å². The molecule has 96 valence electrons. The number of nitrogens with zero attached hydrogens (tertiary/aromatic N) is 4. The number of nitrogens with one attached hydrogen (secondary N) is 1. The molecular formula is C11H16N6O. The zero-order valence-corrected chi connectivity index (χ0v) is 10.0. The summed E-state index contributed by atoms with van der Waals surface area (Å²) >= 11 is 0. The Morgan fingerprint density at radius 1 is 1.28 bits per heavy atom. The van der Waals surface area contributed by atoms with Crippen LogP contribution < -0.4 is 5.73 Å². The lowest BCUT2D eigenvalue weighted by atomic mass is 9.95. The minimum Gasteiger partial charge on any atom is -0.339 e. The predicted molar refractivity (Wildman–Crippen MR) is 63.5 cm³/mol. The van der Waals surface area contributed by atoms with Crippen LogP contribution in [0.3, 0.4) is 0 Å². The summed E-state index contributed by atoms with van der Waals surface area (Å²) in [7, 11) is 0. The zero-order valence-electron chi connectivity index (χ0n) is 10.0. The summed E-state index contributed by atoms with van der Waals surface area (Å²) < 4.78 is 5.33. The first-order valence-corrected chi connectivity index (χ1v) is 6.30. The first kappa shape index (κ1) is 11.3. The summed E-state index contributed by atoms with van der Waals surface area (Å²) in [5.41, 5.74) is 6.77. The molecule has 7 nitrogen and oxygen atoms in total. The van der Waals surface area contributed by atoms with Gasteiger partial charge in [-0.1, -0.05) is 24.4 Å². The summed E-state index contributed by atoms with van der Waals surface area (Å²) in [6, 6.07) is 0.109. The second kappa shape index (κ2) is 4.85. The normalized spacial score (nSPS) is 24.9. The van der Waals surface area contributed by atoms with E-state index in [9.17, 15) is 0 Å². The Labute approximate surface area is 104 Å². The molecule has 1 saturated carbocycles. The smallest absolute Gasteiger partial charge is 0.231 e. The van der Waals surface area contributed by atoms with Gasteiger partial charge in [-0.3, -0.25) is 0 Å². The second-order valence-electron chi connectivity index (χ2n) is 4.72. The largest absolute Gasteiger partial charge is 0.339 e. The van der Waals surface area contributed by atoms with Crippen molar-refractivity contribution in [1.82, 2.24) is 25.6 Å². The summed E-state index contributed by atoms with van der Waals surface area (Å²) in [6.07, 6.45) is 7.19. The van der Waals surface area contributed by atoms with E-state index in [1.54, 1.807) is 6.20 Å². The van der Waals surface area contributed by atoms with Crippen LogP contribution >= 0.6 is 0 Å². The fourth-order valence-electron chi connectivity index (χ4n) is 2.44. The van der Waals surface area contributed by atoms with Crippen molar-refractivity contribution in [2.24, 2.45) is 5.73 Å². The minimum absolute atomic E-state index is 0.109. The van der Waals surface area contributed by atoms with Crippen LogP contribution in [0.15, 0.2) is 10.7 Å². The molecule has 0 aliphatic heterocycles. The monoisotopic (exact) mass is 248 g/mol. The van der Waals surface area contributed by atoms with E-state index in [1.165, 1.54) is 19.3 Å². The third kappa shape index (κ3) is 2.13. The van der Waals surface area contributed by atoms with Crippen molar-refractivity contribution < 1.29 is 4.52 Å². The molecule has 0 radical (unpaired) electrons. The lowest BCUT2D eigenvalue weighted by Crippen LogP contribution is -2.27. The van der Waals surface area contributed by atoms with Gasteiger partial charge in [0, 0.05) is 6.04 Å². The van der Waals surface area contributed by atoms with Crippen molar-refractivity contribution in [2.75, 3.05) is 0 Å². The molecule has 18 heavy (non-hydrogen) atoms. The maximum atomic E-state index is 6.18. The quantitative estimate of drug-likeness (QED) is 0.774. The molecule has 1 aliphatic rings. The first-order chi connectivity index (χ1) is 8.84. The van der Waals surface area contributed by atoms with E-state index in [1.807, 2.05) is 0 Å². The highest BCUT2D eigenvalue weighted by molar-refractivity contribution is 5.44. The Morgan fingerprint density at radius 2 is 2.17 bits per heavy atom. The van der Waals surface area contributed by atoms with Crippen LogP contribution in [0.1, 0.15) is 43.9 Å². The van der Waals surface area contributed by atoms with Crippen molar-refractivity contribution in [3.8, 4) is 11.5 Å². The van der Waals surface area contributed by atoms with Crippen LogP contribution in [-0.2, 0) is 0 Å². The van der Waals surface area contributed by atoms with Gasteiger partial charge in [0.1, 0.15) is 0 Å². The Bertz CT molecular complexity index is 493. The van der Waals surface area contributed by atoms with E-state index in [0.717, 1.165) is 12.8 Å². The van der Waals surface area contributed by atoms with Crippen LogP contribution in [0.2, 0.25) is 0 Å². The molecule has 2 aromatic heterocycles. The molecule has 0 spiro atoms. The second-order valence-corrected chi connectivity index (χ2v) is 4.72. The number of nitrogens with two attached hydrogens (primary N) is 1. The van der Waals surface area contributed by atoms with Crippen LogP contribution in [0.5, 0.6) is 0 Å². The molecule has 0 aromatic carbocycles. The number of aromatic amines is 1. The third-order valence-corrected chi connectivity index (χ3v) is 3.47. The minimum atomic E-state index is 0.109. The molecule has 3 rings (SSSR count). The number of H-pyrrole nitrogens is 1. The SMILES string of the molecule is NC1CCCCCC1c1nc(-c2cn[nH]n2)no1. The topological polar surface area (TPSA) is 107 Å². The Balaban J connectivity index is 1.83. The molecule has 3 N–H and O–H groups in total. The highest BCUT2D eigenvalue weighted by atomic mass is 16.5. The molecule has 1 fully saturated rings. The summed E-state index contributed by atoms with van der Waals surface area (Å²) in [6.45, 7) is 0. The van der Waals surface area contributed by atoms with E-state index in [4.69, 9.17) is 10.3 Å². The number of rotatable bonds is 2. The third-order valence-electron chi connectivity index (χ3n) is 3.47. The lowest BCUT2D eigenvalue weighted by molar-refractivity contribution is 0.326. The van der Waals surface area contributed by atoms with E-state index < -0.39 is 0 Å². The molecule has 1 aliphatic carbocycles. The van der Waals surface area contributed by atoms with Crippen molar-refractivity contribution in [2.45, 2.75) is 44.1 Å². The van der Waals surface area contributed by atoms with Crippen molar-refractivity contribution in [3.63, 3.8) is 0 Å². The van der Waals surface area contributed by atoms with Gasteiger partial charge < -0.3 is 10.3 Å². The molecule has 0 saturated heterocycles. The summed E-state index contributed by atoms with van der Waals surface area (Å²) in [4.78, 5) is 4.39. The van der Waals surface area contributed by atoms with Gasteiger partial charge >= 0.3 is 0 Å². The number of hydrogen-bond acceptors (Lipinski definition) is 6. The lowest BCUT2D eigenvalue weighted by Gasteiger charge is -2.16. The van der Waals surface area contributed by atoms with Gasteiger partial charge in [0.2, 0.25) is 11.7 Å². The standard InChI is InChI=1S/C11H16N6O/c12-8-5-3-1-2-4-7(8)11-14-10(16-18-11)9-6-13-17-15-9/h6-8H,1-5,12H2,(H,13,15,17). The van der Waals surface area contributed by atoms with Gasteiger partial charge in [0.05, 0.1) is 12.1 Å². The maximum absolute atomic E-state index is 6.18. The molecule has 2 heterocycles. The van der Waals surface area contributed by atoms with Gasteiger partial charge in [-0.05, 0) is 12.8 Å². The predicted octanol–water partition coefficient (Wildman–Crippen LogP) is 1.23. The average Bonchev–Trinajstić information content (AvgIpc) is 3.00. The van der Waals surface area contributed by atoms with Gasteiger partial charge in [-0.15, -0.1) is 0 Å². The summed E-state index contributed by atoms with van der Waals surface area (Å²) in [5.74, 6) is 1.26. The Hall–Kier alpha value is -1.76. The molecule has 7 heteroatoms. The van der Waals surface area contributed by atoms with Crippen LogP contribution in [0.25, 0.3) is 11.5 Å². The molecular weight excluding hydrogens is 232 g/mol. The van der Waals surface area contributed by atoms with E-state index in [-0.39, 0.29) is 12.0 Å². The van der Waals surface area contributed by atoms with Gasteiger partial charge in [0.25, 0.3) is 0 Å². The van der Waals surface area contributed by atoms with E-state index in [0.29, 0.717) is 17.4 Å². The molecule has 0 bridgehead atoms. The molecule has 2 atom stereocenters. The van der Waals surface area contributed by atoms with Crippen LogP contribution in [0.4, 0.5) is 0 Å². The fraction of sp³-hybridized carbons (Fsp3) is 0.636. The maximum Gasteiger partial charge on any atom is 0.231 e. The van der Waals surface area contributed by atoms with Crippen molar-refractivity contribution in [1.29, 1.82) is 0 Å². The van der Waals surface area contributed by atoms with Gasteiger partial charge in [-0.2, -0.15) is 20.4 Å². The Kier molecular flexibility index (Phi) is 3.06. The molecule has 2 unspecified atom stereocenters.